The van der Waals surface area contributed by atoms with Gasteiger partial charge in [-0.15, -0.1) is 0 Å². The van der Waals surface area contributed by atoms with Crippen LogP contribution in [0.4, 0.5) is 0 Å². The molecular formula is C11H25NO2. The Hall–Kier alpha value is -0.570. The lowest BCUT2D eigenvalue weighted by molar-refractivity contribution is -0.134. The van der Waals surface area contributed by atoms with Crippen LogP contribution < -0.4 is 5.73 Å². The van der Waals surface area contributed by atoms with Crippen LogP contribution in [0.25, 0.3) is 0 Å². The molecule has 0 atom stereocenters. The Morgan fingerprint density at radius 1 is 1.07 bits per heavy atom. The van der Waals surface area contributed by atoms with Gasteiger partial charge in [0.25, 0.3) is 5.97 Å². The van der Waals surface area contributed by atoms with Gasteiger partial charge < -0.3 is 10.8 Å². The van der Waals surface area contributed by atoms with E-state index in [-0.39, 0.29) is 0 Å². The Bertz CT molecular complexity index is 104. The van der Waals surface area contributed by atoms with Gasteiger partial charge in [0.15, 0.2) is 0 Å². The first-order valence-electron chi connectivity index (χ1n) is 5.54. The monoisotopic (exact) mass is 203 g/mol. The summed E-state index contributed by atoms with van der Waals surface area (Å²) in [6.07, 6.45) is 9.51. The highest BCUT2D eigenvalue weighted by Gasteiger charge is 1.87. The van der Waals surface area contributed by atoms with Crippen LogP contribution in [0.3, 0.4) is 0 Å². The van der Waals surface area contributed by atoms with Gasteiger partial charge in [0.1, 0.15) is 0 Å². The highest BCUT2D eigenvalue weighted by molar-refractivity contribution is 5.62. The van der Waals surface area contributed by atoms with Gasteiger partial charge in [-0.1, -0.05) is 45.4 Å². The molecule has 0 unspecified atom stereocenters. The minimum Gasteiger partial charge on any atom is -0.481 e. The first-order chi connectivity index (χ1) is 6.65. The van der Waals surface area contributed by atoms with E-state index in [1.54, 1.807) is 0 Å². The third kappa shape index (κ3) is 30.1. The molecule has 0 aromatic carbocycles. The fourth-order valence-corrected chi connectivity index (χ4v) is 1.10. The number of unbranched alkanes of at least 4 members (excludes halogenated alkanes) is 6. The molecule has 0 amide bonds. The molecule has 0 aliphatic rings. The number of nitrogens with two attached hydrogens (primary N) is 1. The van der Waals surface area contributed by atoms with E-state index < -0.39 is 5.97 Å². The number of rotatable bonds is 7. The summed E-state index contributed by atoms with van der Waals surface area (Å²) in [7, 11) is 0. The molecule has 0 rings (SSSR count). The van der Waals surface area contributed by atoms with E-state index in [1.807, 2.05) is 0 Å². The van der Waals surface area contributed by atoms with Crippen LogP contribution in [0.1, 0.15) is 58.8 Å². The Balaban J connectivity index is 0. The van der Waals surface area contributed by atoms with Crippen LogP contribution in [-0.2, 0) is 4.79 Å². The van der Waals surface area contributed by atoms with E-state index in [2.05, 4.69) is 6.92 Å². The average molecular weight is 203 g/mol. The van der Waals surface area contributed by atoms with E-state index in [0.29, 0.717) is 0 Å². The quantitative estimate of drug-likeness (QED) is 0.625. The Kier molecular flexibility index (Phi) is 16.9. The van der Waals surface area contributed by atoms with Crippen molar-refractivity contribution >= 4 is 5.97 Å². The molecule has 0 saturated carbocycles. The van der Waals surface area contributed by atoms with Gasteiger partial charge in [-0.05, 0) is 13.0 Å². The van der Waals surface area contributed by atoms with Crippen LogP contribution >= 0.6 is 0 Å². The van der Waals surface area contributed by atoms with Gasteiger partial charge in [-0.2, -0.15) is 0 Å². The van der Waals surface area contributed by atoms with Gasteiger partial charge in [0.2, 0.25) is 0 Å². The lowest BCUT2D eigenvalue weighted by Gasteiger charge is -1.97. The molecule has 0 spiro atoms. The summed E-state index contributed by atoms with van der Waals surface area (Å²) in [5, 5.41) is 7.42. The van der Waals surface area contributed by atoms with E-state index in [0.717, 1.165) is 13.5 Å². The maximum absolute atomic E-state index is 9.00. The normalized spacial score (nSPS) is 9.07. The second-order valence-corrected chi connectivity index (χ2v) is 3.43. The smallest absolute Gasteiger partial charge is 0.300 e. The molecule has 0 aliphatic heterocycles. The summed E-state index contributed by atoms with van der Waals surface area (Å²) >= 11 is 0. The fraction of sp³-hybridized carbons (Fsp3) is 0.909. The molecule has 0 fully saturated rings. The molecule has 0 aromatic heterocycles. The van der Waals surface area contributed by atoms with Crippen LogP contribution in [0.15, 0.2) is 0 Å². The van der Waals surface area contributed by atoms with E-state index in [9.17, 15) is 0 Å². The summed E-state index contributed by atoms with van der Waals surface area (Å²) < 4.78 is 0. The van der Waals surface area contributed by atoms with Gasteiger partial charge >= 0.3 is 0 Å². The van der Waals surface area contributed by atoms with E-state index in [4.69, 9.17) is 15.6 Å². The first-order valence-corrected chi connectivity index (χ1v) is 5.54. The van der Waals surface area contributed by atoms with Crippen LogP contribution in [-0.4, -0.2) is 17.6 Å². The van der Waals surface area contributed by atoms with Crippen LogP contribution in [0, 0.1) is 0 Å². The number of carboxylic acid groups (broad SMARTS) is 1. The maximum Gasteiger partial charge on any atom is 0.300 e. The number of aliphatic carboxylic acids is 1. The summed E-state index contributed by atoms with van der Waals surface area (Å²) in [5.74, 6) is -0.833. The van der Waals surface area contributed by atoms with Crippen molar-refractivity contribution in [2.24, 2.45) is 5.73 Å². The standard InChI is InChI=1S/C9H21N.C2H4O2/c1-2-3-4-5-6-7-8-9-10;1-2(3)4/h2-10H2,1H3;1H3,(H,3,4). The molecule has 0 aromatic rings. The third-order valence-corrected chi connectivity index (χ3v) is 1.81. The average Bonchev–Trinajstić information content (AvgIpc) is 2.10. The Morgan fingerprint density at radius 2 is 1.43 bits per heavy atom. The highest BCUT2D eigenvalue weighted by atomic mass is 16.4. The summed E-state index contributed by atoms with van der Waals surface area (Å²) in [6, 6.07) is 0. The Morgan fingerprint density at radius 3 is 1.79 bits per heavy atom. The topological polar surface area (TPSA) is 63.3 Å². The van der Waals surface area contributed by atoms with Crippen LogP contribution in [0.5, 0.6) is 0 Å². The lowest BCUT2D eigenvalue weighted by Crippen LogP contribution is -1.97. The molecule has 0 heterocycles. The lowest BCUT2D eigenvalue weighted by atomic mass is 10.1. The van der Waals surface area contributed by atoms with Crippen molar-refractivity contribution in [2.75, 3.05) is 6.54 Å². The number of carboxylic acids is 1. The van der Waals surface area contributed by atoms with Gasteiger partial charge in [-0.3, -0.25) is 4.79 Å². The van der Waals surface area contributed by atoms with E-state index >= 15 is 0 Å². The molecule has 0 aliphatic carbocycles. The zero-order valence-electron chi connectivity index (χ0n) is 9.59. The highest BCUT2D eigenvalue weighted by Crippen LogP contribution is 2.05. The molecule has 0 radical (unpaired) electrons. The molecular weight excluding hydrogens is 178 g/mol. The second kappa shape index (κ2) is 14.9. The number of hydrogen-bond donors (Lipinski definition) is 2. The largest absolute Gasteiger partial charge is 0.481 e. The predicted molar refractivity (Wildman–Crippen MR) is 60.4 cm³/mol. The van der Waals surface area contributed by atoms with E-state index in [1.165, 1.54) is 44.9 Å². The van der Waals surface area contributed by atoms with Crippen molar-refractivity contribution in [3.8, 4) is 0 Å². The molecule has 0 saturated heterocycles. The summed E-state index contributed by atoms with van der Waals surface area (Å²) in [5.41, 5.74) is 5.37. The second-order valence-electron chi connectivity index (χ2n) is 3.43. The fourth-order valence-electron chi connectivity index (χ4n) is 1.10. The van der Waals surface area contributed by atoms with Crippen molar-refractivity contribution < 1.29 is 9.90 Å². The molecule has 3 heteroatoms. The molecule has 86 valence electrons. The zero-order valence-corrected chi connectivity index (χ0v) is 9.59. The van der Waals surface area contributed by atoms with Crippen molar-refractivity contribution in [3.05, 3.63) is 0 Å². The van der Waals surface area contributed by atoms with Crippen LogP contribution in [0.2, 0.25) is 0 Å². The van der Waals surface area contributed by atoms with Gasteiger partial charge in [-0.25, -0.2) is 0 Å². The van der Waals surface area contributed by atoms with Crippen molar-refractivity contribution in [1.82, 2.24) is 0 Å². The van der Waals surface area contributed by atoms with Crippen molar-refractivity contribution in [2.45, 2.75) is 58.8 Å². The van der Waals surface area contributed by atoms with Gasteiger partial charge in [0, 0.05) is 6.92 Å². The molecule has 3 nitrogen and oxygen atoms in total. The summed E-state index contributed by atoms with van der Waals surface area (Å²) in [4.78, 5) is 9.00. The number of hydrogen-bond acceptors (Lipinski definition) is 2. The van der Waals surface area contributed by atoms with Crippen molar-refractivity contribution in [1.29, 1.82) is 0 Å². The SMILES string of the molecule is CC(=O)O.CCCCCCCCCN. The minimum absolute atomic E-state index is 0.833. The van der Waals surface area contributed by atoms with Gasteiger partial charge in [0.05, 0.1) is 0 Å². The maximum atomic E-state index is 9.00. The minimum atomic E-state index is -0.833. The van der Waals surface area contributed by atoms with Crippen molar-refractivity contribution in [3.63, 3.8) is 0 Å². The summed E-state index contributed by atoms with van der Waals surface area (Å²) in [6.45, 7) is 4.20. The zero-order chi connectivity index (χ0) is 11.2. The predicted octanol–water partition coefficient (Wildman–Crippen LogP) is 2.79. The molecule has 0 bridgehead atoms. The first kappa shape index (κ1) is 15.9. The third-order valence-electron chi connectivity index (χ3n) is 1.81. The molecule has 3 N–H and O–H groups in total. The Labute approximate surface area is 87.7 Å². The number of carbonyl (C=O) groups is 1. The molecule has 14 heavy (non-hydrogen) atoms.